The van der Waals surface area contributed by atoms with E-state index in [2.05, 4.69) is 20.9 Å². The van der Waals surface area contributed by atoms with Crippen molar-refractivity contribution >= 4 is 44.8 Å². The first kappa shape index (κ1) is 20.4. The summed E-state index contributed by atoms with van der Waals surface area (Å²) in [6.45, 7) is 0. The van der Waals surface area contributed by atoms with Gasteiger partial charge in [-0.3, -0.25) is 29.6 Å². The number of nitrogens with zero attached hydrogens (tertiary/aromatic N) is 3. The summed E-state index contributed by atoms with van der Waals surface area (Å²) >= 11 is 3.34. The number of amides is 1. The standard InChI is InChI=1S/C22H14BrN3O5/c23-15-4-6-16(7-5-15)25-19(13-8-10-24-11-9-13)18(21(28)22(25)29)20(27)14-2-1-3-17(12-14)26(30)31/h1-12,19,27H/b20-18-. The summed E-state index contributed by atoms with van der Waals surface area (Å²) in [6, 6.07) is 14.5. The van der Waals surface area contributed by atoms with Gasteiger partial charge in [0.05, 0.1) is 16.5 Å². The summed E-state index contributed by atoms with van der Waals surface area (Å²) in [5, 5.41) is 22.1. The number of non-ortho nitro benzene ring substituents is 1. The van der Waals surface area contributed by atoms with Gasteiger partial charge in [0.15, 0.2) is 0 Å². The minimum Gasteiger partial charge on any atom is -0.507 e. The molecule has 0 saturated carbocycles. The number of hydrogen-bond donors (Lipinski definition) is 1. The van der Waals surface area contributed by atoms with Crippen LogP contribution in [0.1, 0.15) is 17.2 Å². The maximum Gasteiger partial charge on any atom is 0.300 e. The van der Waals surface area contributed by atoms with E-state index in [-0.39, 0.29) is 16.8 Å². The lowest BCUT2D eigenvalue weighted by molar-refractivity contribution is -0.384. The normalized spacial score (nSPS) is 17.7. The van der Waals surface area contributed by atoms with Crippen LogP contribution in [0.5, 0.6) is 0 Å². The van der Waals surface area contributed by atoms with Crippen molar-refractivity contribution in [3.8, 4) is 0 Å². The van der Waals surface area contributed by atoms with Crippen molar-refractivity contribution in [1.29, 1.82) is 0 Å². The monoisotopic (exact) mass is 479 g/mol. The lowest BCUT2D eigenvalue weighted by Gasteiger charge is -2.25. The molecule has 1 N–H and O–H groups in total. The smallest absolute Gasteiger partial charge is 0.300 e. The topological polar surface area (TPSA) is 114 Å². The number of halogens is 1. The zero-order valence-electron chi connectivity index (χ0n) is 15.8. The van der Waals surface area contributed by atoms with E-state index in [1.54, 1.807) is 36.4 Å². The number of aliphatic hydroxyl groups is 1. The number of hydrogen-bond acceptors (Lipinski definition) is 6. The van der Waals surface area contributed by atoms with Gasteiger partial charge in [0.2, 0.25) is 0 Å². The maximum atomic E-state index is 13.0. The second kappa shape index (κ2) is 8.11. The van der Waals surface area contributed by atoms with Gasteiger partial charge in [-0.15, -0.1) is 0 Å². The molecule has 1 unspecified atom stereocenters. The van der Waals surface area contributed by atoms with Crippen LogP contribution in [0, 0.1) is 10.1 Å². The Kier molecular flexibility index (Phi) is 5.35. The number of anilines is 1. The van der Waals surface area contributed by atoms with Crippen LogP contribution in [0.2, 0.25) is 0 Å². The van der Waals surface area contributed by atoms with Crippen LogP contribution >= 0.6 is 15.9 Å². The molecular formula is C22H14BrN3O5. The van der Waals surface area contributed by atoms with Crippen LogP contribution in [0.3, 0.4) is 0 Å². The molecule has 31 heavy (non-hydrogen) atoms. The molecular weight excluding hydrogens is 466 g/mol. The summed E-state index contributed by atoms with van der Waals surface area (Å²) in [4.78, 5) is 41.8. The lowest BCUT2D eigenvalue weighted by atomic mass is 9.95. The molecule has 9 heteroatoms. The fourth-order valence-corrected chi connectivity index (χ4v) is 3.75. The Hall–Kier alpha value is -3.85. The molecule has 154 valence electrons. The zero-order valence-corrected chi connectivity index (χ0v) is 17.4. The molecule has 8 nitrogen and oxygen atoms in total. The third-order valence-corrected chi connectivity index (χ3v) is 5.43. The number of carbonyl (C=O) groups excluding carboxylic acids is 2. The van der Waals surface area contributed by atoms with Crippen molar-refractivity contribution in [2.45, 2.75) is 6.04 Å². The van der Waals surface area contributed by atoms with E-state index in [1.807, 2.05) is 0 Å². The van der Waals surface area contributed by atoms with Crippen molar-refractivity contribution in [1.82, 2.24) is 4.98 Å². The highest BCUT2D eigenvalue weighted by molar-refractivity contribution is 9.10. The minimum atomic E-state index is -0.927. The number of Topliss-reactive ketones (excluding diaryl/α,β-unsaturated/α-hetero) is 1. The van der Waals surface area contributed by atoms with Gasteiger partial charge >= 0.3 is 0 Å². The molecule has 0 spiro atoms. The molecule has 1 aliphatic rings. The van der Waals surface area contributed by atoms with Gasteiger partial charge in [-0.25, -0.2) is 0 Å². The zero-order chi connectivity index (χ0) is 22.1. The average molecular weight is 480 g/mol. The molecule has 1 aliphatic heterocycles. The predicted molar refractivity (Wildman–Crippen MR) is 116 cm³/mol. The Balaban J connectivity index is 1.93. The van der Waals surface area contributed by atoms with Gasteiger partial charge < -0.3 is 5.11 Å². The molecule has 1 aromatic heterocycles. The van der Waals surface area contributed by atoms with Crippen LogP contribution in [0.15, 0.2) is 83.1 Å². The minimum absolute atomic E-state index is 0.0714. The summed E-state index contributed by atoms with van der Waals surface area (Å²) < 4.78 is 0.796. The Morgan fingerprint density at radius 3 is 2.39 bits per heavy atom. The van der Waals surface area contributed by atoms with Crippen molar-refractivity contribution < 1.29 is 19.6 Å². The summed E-state index contributed by atoms with van der Waals surface area (Å²) in [6.07, 6.45) is 3.04. The molecule has 2 heterocycles. The van der Waals surface area contributed by atoms with Crippen molar-refractivity contribution in [2.75, 3.05) is 4.90 Å². The fourth-order valence-electron chi connectivity index (χ4n) is 3.48. The first-order chi connectivity index (χ1) is 14.9. The van der Waals surface area contributed by atoms with E-state index in [4.69, 9.17) is 0 Å². The summed E-state index contributed by atoms with van der Waals surface area (Å²) in [5.41, 5.74) is 0.697. The molecule has 1 saturated heterocycles. The number of rotatable bonds is 4. The summed E-state index contributed by atoms with van der Waals surface area (Å²) in [7, 11) is 0. The molecule has 0 bridgehead atoms. The third kappa shape index (κ3) is 3.71. The van der Waals surface area contributed by atoms with E-state index >= 15 is 0 Å². The van der Waals surface area contributed by atoms with Crippen molar-refractivity contribution in [3.05, 3.63) is 104 Å². The highest BCUT2D eigenvalue weighted by Gasteiger charge is 2.47. The third-order valence-electron chi connectivity index (χ3n) is 4.90. The van der Waals surface area contributed by atoms with Gasteiger partial charge in [-0.2, -0.15) is 0 Å². The SMILES string of the molecule is O=C1C(=O)N(c2ccc(Br)cc2)C(c2ccncc2)/C1=C(/O)c1cccc([N+](=O)[O-])c1. The molecule has 4 rings (SSSR count). The van der Waals surface area contributed by atoms with Crippen LogP contribution in [-0.4, -0.2) is 26.7 Å². The quantitative estimate of drug-likeness (QED) is 0.195. The second-order valence-corrected chi connectivity index (χ2v) is 7.65. The number of nitro groups is 1. The van der Waals surface area contributed by atoms with E-state index in [1.165, 1.54) is 35.5 Å². The first-order valence-electron chi connectivity index (χ1n) is 9.10. The van der Waals surface area contributed by atoms with Crippen LogP contribution in [0.25, 0.3) is 5.76 Å². The number of pyridine rings is 1. The maximum absolute atomic E-state index is 13.0. The van der Waals surface area contributed by atoms with Crippen molar-refractivity contribution in [3.63, 3.8) is 0 Å². The van der Waals surface area contributed by atoms with E-state index in [0.717, 1.165) is 10.5 Å². The second-order valence-electron chi connectivity index (χ2n) is 6.73. The lowest BCUT2D eigenvalue weighted by Crippen LogP contribution is -2.29. The van der Waals surface area contributed by atoms with Crippen LogP contribution < -0.4 is 4.90 Å². The van der Waals surface area contributed by atoms with Crippen molar-refractivity contribution in [2.24, 2.45) is 0 Å². The molecule has 0 radical (unpaired) electrons. The number of carbonyl (C=O) groups is 2. The molecule has 3 aromatic rings. The molecule has 0 aliphatic carbocycles. The highest BCUT2D eigenvalue weighted by atomic mass is 79.9. The van der Waals surface area contributed by atoms with Gasteiger partial charge in [-0.1, -0.05) is 28.1 Å². The first-order valence-corrected chi connectivity index (χ1v) is 9.89. The average Bonchev–Trinajstić information content (AvgIpc) is 3.05. The number of benzene rings is 2. The Bertz CT molecular complexity index is 1230. The highest BCUT2D eigenvalue weighted by Crippen LogP contribution is 2.42. The Morgan fingerprint density at radius 1 is 1.06 bits per heavy atom. The van der Waals surface area contributed by atoms with Gasteiger partial charge in [-0.05, 0) is 42.0 Å². The van der Waals surface area contributed by atoms with E-state index in [9.17, 15) is 24.8 Å². The largest absolute Gasteiger partial charge is 0.507 e. The number of ketones is 1. The number of aromatic nitrogens is 1. The number of aliphatic hydroxyl groups excluding tert-OH is 1. The van der Waals surface area contributed by atoms with Crippen LogP contribution in [-0.2, 0) is 9.59 Å². The summed E-state index contributed by atoms with van der Waals surface area (Å²) in [5.74, 6) is -2.17. The van der Waals surface area contributed by atoms with Crippen LogP contribution in [0.4, 0.5) is 11.4 Å². The predicted octanol–water partition coefficient (Wildman–Crippen LogP) is 4.38. The number of nitro benzene ring substituents is 1. The fraction of sp³-hybridized carbons (Fsp3) is 0.0455. The van der Waals surface area contributed by atoms with E-state index < -0.39 is 28.4 Å². The van der Waals surface area contributed by atoms with Gasteiger partial charge in [0, 0.05) is 40.2 Å². The van der Waals surface area contributed by atoms with Gasteiger partial charge in [0.1, 0.15) is 5.76 Å². The molecule has 2 aromatic carbocycles. The van der Waals surface area contributed by atoms with Gasteiger partial charge in [0.25, 0.3) is 17.4 Å². The Labute approximate surface area is 184 Å². The molecule has 1 atom stereocenters. The van der Waals surface area contributed by atoms with E-state index in [0.29, 0.717) is 11.3 Å². The Morgan fingerprint density at radius 2 is 1.74 bits per heavy atom. The molecule has 1 fully saturated rings. The molecule has 1 amide bonds.